The van der Waals surface area contributed by atoms with E-state index in [-0.39, 0.29) is 6.04 Å². The van der Waals surface area contributed by atoms with Gasteiger partial charge in [-0.3, -0.25) is 0 Å². The molecule has 1 aromatic carbocycles. The van der Waals surface area contributed by atoms with Crippen LogP contribution in [-0.2, 0) is 0 Å². The summed E-state index contributed by atoms with van der Waals surface area (Å²) >= 11 is 3.38. The maximum absolute atomic E-state index is 9.14. The summed E-state index contributed by atoms with van der Waals surface area (Å²) < 4.78 is 2.92. The molecule has 2 rings (SSSR count). The van der Waals surface area contributed by atoms with Gasteiger partial charge in [-0.05, 0) is 29.8 Å². The fourth-order valence-electron chi connectivity index (χ4n) is 1.48. The van der Waals surface area contributed by atoms with Crippen LogP contribution in [0.1, 0.15) is 11.6 Å². The van der Waals surface area contributed by atoms with E-state index >= 15 is 0 Å². The number of nitriles is 1. The van der Waals surface area contributed by atoms with Crippen molar-refractivity contribution in [2.24, 2.45) is 0 Å². The molecule has 0 spiro atoms. The lowest BCUT2D eigenvalue weighted by atomic mass is 10.1. The van der Waals surface area contributed by atoms with Crippen LogP contribution in [0.3, 0.4) is 0 Å². The van der Waals surface area contributed by atoms with Crippen LogP contribution in [0.25, 0.3) is 0 Å². The molecule has 2 nitrogen and oxygen atoms in total. The zero-order chi connectivity index (χ0) is 10.7. The highest BCUT2D eigenvalue weighted by molar-refractivity contribution is 9.10. The van der Waals surface area contributed by atoms with Gasteiger partial charge in [-0.15, -0.1) is 0 Å². The molecule has 1 atom stereocenters. The number of hydrogen-bond donors (Lipinski definition) is 0. The lowest BCUT2D eigenvalue weighted by Crippen LogP contribution is -2.05. The third kappa shape index (κ3) is 2.11. The van der Waals surface area contributed by atoms with Crippen LogP contribution < -0.4 is 0 Å². The molecule has 0 N–H and O–H groups in total. The summed E-state index contributed by atoms with van der Waals surface area (Å²) in [6.45, 7) is 0. The van der Waals surface area contributed by atoms with E-state index in [4.69, 9.17) is 5.26 Å². The van der Waals surface area contributed by atoms with Gasteiger partial charge in [0, 0.05) is 16.9 Å². The molecule has 0 fully saturated rings. The van der Waals surface area contributed by atoms with Crippen LogP contribution in [-0.4, -0.2) is 4.57 Å². The highest BCUT2D eigenvalue weighted by Crippen LogP contribution is 2.20. The van der Waals surface area contributed by atoms with Gasteiger partial charge in [0.1, 0.15) is 6.04 Å². The summed E-state index contributed by atoms with van der Waals surface area (Å²) in [6, 6.07) is 13.7. The van der Waals surface area contributed by atoms with Gasteiger partial charge in [-0.1, -0.05) is 28.1 Å². The first kappa shape index (κ1) is 10.0. The topological polar surface area (TPSA) is 28.7 Å². The summed E-state index contributed by atoms with van der Waals surface area (Å²) in [4.78, 5) is 0. The van der Waals surface area contributed by atoms with Gasteiger partial charge in [0.2, 0.25) is 0 Å². The predicted octanol–water partition coefficient (Wildman–Crippen LogP) is 3.36. The molecule has 15 heavy (non-hydrogen) atoms. The van der Waals surface area contributed by atoms with Gasteiger partial charge in [-0.2, -0.15) is 5.26 Å². The van der Waals surface area contributed by atoms with Crippen molar-refractivity contribution >= 4 is 15.9 Å². The Bertz CT molecular complexity index is 465. The minimum atomic E-state index is -0.243. The van der Waals surface area contributed by atoms with E-state index in [1.165, 1.54) is 0 Å². The molecule has 2 aromatic rings. The number of aromatic nitrogens is 1. The predicted molar refractivity (Wildman–Crippen MR) is 62.3 cm³/mol. The van der Waals surface area contributed by atoms with Crippen molar-refractivity contribution in [2.75, 3.05) is 0 Å². The average molecular weight is 261 g/mol. The molecule has 0 aliphatic heterocycles. The highest BCUT2D eigenvalue weighted by atomic mass is 79.9. The zero-order valence-electron chi connectivity index (χ0n) is 7.97. The normalized spacial score (nSPS) is 12.0. The third-order valence-electron chi connectivity index (χ3n) is 2.23. The van der Waals surface area contributed by atoms with E-state index in [0.29, 0.717) is 0 Å². The van der Waals surface area contributed by atoms with Gasteiger partial charge >= 0.3 is 0 Å². The van der Waals surface area contributed by atoms with Crippen molar-refractivity contribution < 1.29 is 0 Å². The fraction of sp³-hybridized carbons (Fsp3) is 0.0833. The summed E-state index contributed by atoms with van der Waals surface area (Å²) in [5.41, 5.74) is 0.997. The highest BCUT2D eigenvalue weighted by Gasteiger charge is 2.10. The van der Waals surface area contributed by atoms with Crippen LogP contribution in [0.4, 0.5) is 0 Å². The number of nitrogens with zero attached hydrogens (tertiary/aromatic N) is 2. The minimum Gasteiger partial charge on any atom is -0.334 e. The molecule has 0 saturated heterocycles. The molecule has 0 aliphatic rings. The molecule has 1 unspecified atom stereocenters. The molecule has 1 heterocycles. The van der Waals surface area contributed by atoms with Crippen LogP contribution in [0.2, 0.25) is 0 Å². The second-order valence-electron chi connectivity index (χ2n) is 3.21. The van der Waals surface area contributed by atoms with Crippen molar-refractivity contribution in [3.8, 4) is 6.07 Å². The first-order valence-corrected chi connectivity index (χ1v) is 5.38. The molecular weight excluding hydrogens is 252 g/mol. The van der Waals surface area contributed by atoms with Crippen LogP contribution in [0.5, 0.6) is 0 Å². The monoisotopic (exact) mass is 260 g/mol. The Morgan fingerprint density at radius 3 is 2.27 bits per heavy atom. The molecule has 0 aliphatic carbocycles. The first-order chi connectivity index (χ1) is 7.31. The van der Waals surface area contributed by atoms with Crippen LogP contribution in [0.15, 0.2) is 53.3 Å². The number of benzene rings is 1. The van der Waals surface area contributed by atoms with E-state index in [9.17, 15) is 0 Å². The minimum absolute atomic E-state index is 0.243. The maximum atomic E-state index is 9.14. The summed E-state index contributed by atoms with van der Waals surface area (Å²) in [7, 11) is 0. The quantitative estimate of drug-likeness (QED) is 0.814. The SMILES string of the molecule is N#CC(c1ccc(Br)cc1)n1cccc1. The van der Waals surface area contributed by atoms with Crippen molar-refractivity contribution in [1.82, 2.24) is 4.57 Å². The fourth-order valence-corrected chi connectivity index (χ4v) is 1.74. The standard InChI is InChI=1S/C12H9BrN2/c13-11-5-3-10(4-6-11)12(9-14)15-7-1-2-8-15/h1-8,12H. The number of hydrogen-bond acceptors (Lipinski definition) is 1. The molecule has 74 valence electrons. The zero-order valence-corrected chi connectivity index (χ0v) is 9.55. The Hall–Kier alpha value is -1.53. The van der Waals surface area contributed by atoms with Crippen molar-refractivity contribution in [1.29, 1.82) is 5.26 Å². The summed E-state index contributed by atoms with van der Waals surface area (Å²) in [5.74, 6) is 0. The Morgan fingerprint density at radius 2 is 1.73 bits per heavy atom. The smallest absolute Gasteiger partial charge is 0.145 e. The van der Waals surface area contributed by atoms with Gasteiger partial charge < -0.3 is 4.57 Å². The Morgan fingerprint density at radius 1 is 1.13 bits per heavy atom. The van der Waals surface area contributed by atoms with Crippen molar-refractivity contribution in [2.45, 2.75) is 6.04 Å². The average Bonchev–Trinajstić information content (AvgIpc) is 2.75. The number of rotatable bonds is 2. The Kier molecular flexibility index (Phi) is 2.89. The van der Waals surface area contributed by atoms with E-state index < -0.39 is 0 Å². The molecule has 0 bridgehead atoms. The molecule has 0 amide bonds. The van der Waals surface area contributed by atoms with E-state index in [1.54, 1.807) is 0 Å². The molecule has 3 heteroatoms. The Labute approximate surface area is 96.9 Å². The molecule has 0 radical (unpaired) electrons. The molecular formula is C12H9BrN2. The van der Waals surface area contributed by atoms with Gasteiger partial charge in [0.05, 0.1) is 6.07 Å². The second-order valence-corrected chi connectivity index (χ2v) is 4.13. The summed E-state index contributed by atoms with van der Waals surface area (Å²) in [6.07, 6.45) is 3.80. The van der Waals surface area contributed by atoms with Crippen molar-refractivity contribution in [3.05, 3.63) is 58.8 Å². The van der Waals surface area contributed by atoms with Crippen LogP contribution >= 0.6 is 15.9 Å². The first-order valence-electron chi connectivity index (χ1n) is 4.59. The molecule has 0 saturated carbocycles. The lowest BCUT2D eigenvalue weighted by molar-refractivity contribution is 0.717. The van der Waals surface area contributed by atoms with E-state index in [0.717, 1.165) is 10.0 Å². The van der Waals surface area contributed by atoms with Gasteiger partial charge in [0.15, 0.2) is 0 Å². The van der Waals surface area contributed by atoms with Gasteiger partial charge in [-0.25, -0.2) is 0 Å². The van der Waals surface area contributed by atoms with E-state index in [1.807, 2.05) is 53.4 Å². The third-order valence-corrected chi connectivity index (χ3v) is 2.76. The van der Waals surface area contributed by atoms with Crippen LogP contribution in [0, 0.1) is 11.3 Å². The lowest BCUT2D eigenvalue weighted by Gasteiger charge is -2.11. The van der Waals surface area contributed by atoms with Gasteiger partial charge in [0.25, 0.3) is 0 Å². The maximum Gasteiger partial charge on any atom is 0.145 e. The molecule has 1 aromatic heterocycles. The van der Waals surface area contributed by atoms with Crippen molar-refractivity contribution in [3.63, 3.8) is 0 Å². The largest absolute Gasteiger partial charge is 0.334 e. The van der Waals surface area contributed by atoms with E-state index in [2.05, 4.69) is 22.0 Å². The number of halogens is 1. The summed E-state index contributed by atoms with van der Waals surface area (Å²) in [5, 5.41) is 9.14. The Balaban J connectivity index is 2.37. The second kappa shape index (κ2) is 4.33.